The third-order valence-electron chi connectivity index (χ3n) is 3.59. The van der Waals surface area contributed by atoms with Crippen LogP contribution in [0.3, 0.4) is 0 Å². The first-order valence-electron chi connectivity index (χ1n) is 7.28. The summed E-state index contributed by atoms with van der Waals surface area (Å²) in [6, 6.07) is 18.5. The second-order valence-electron chi connectivity index (χ2n) is 5.26. The van der Waals surface area contributed by atoms with E-state index in [4.69, 9.17) is 11.5 Å². The van der Waals surface area contributed by atoms with E-state index in [-0.39, 0.29) is 0 Å². The van der Waals surface area contributed by atoms with Crippen molar-refractivity contribution in [1.82, 2.24) is 0 Å². The van der Waals surface area contributed by atoms with Crippen molar-refractivity contribution in [3.63, 3.8) is 0 Å². The highest BCUT2D eigenvalue weighted by molar-refractivity contribution is 7.17. The molecular formula is C18H16N4OS. The van der Waals surface area contributed by atoms with Gasteiger partial charge in [0.2, 0.25) is 0 Å². The van der Waals surface area contributed by atoms with Gasteiger partial charge < -0.3 is 21.9 Å². The van der Waals surface area contributed by atoms with Gasteiger partial charge in [-0.05, 0) is 23.8 Å². The van der Waals surface area contributed by atoms with Gasteiger partial charge in [-0.2, -0.15) is 5.26 Å². The average Bonchev–Trinajstić information content (AvgIpc) is 2.90. The van der Waals surface area contributed by atoms with E-state index in [0.29, 0.717) is 26.8 Å². The summed E-state index contributed by atoms with van der Waals surface area (Å²) >= 11 is 1.26. The van der Waals surface area contributed by atoms with Gasteiger partial charge in [0.1, 0.15) is 22.7 Å². The van der Waals surface area contributed by atoms with Crippen LogP contribution in [0.15, 0.2) is 54.6 Å². The van der Waals surface area contributed by atoms with E-state index in [0.717, 1.165) is 11.3 Å². The number of hydrogen-bond donors (Lipinski definition) is 4. The quantitative estimate of drug-likeness (QED) is 0.544. The minimum Gasteiger partial charge on any atom is -0.399 e. The zero-order valence-corrected chi connectivity index (χ0v) is 13.5. The van der Waals surface area contributed by atoms with Gasteiger partial charge in [-0.3, -0.25) is 0 Å². The molecule has 3 aromatic rings. The normalized spacial score (nSPS) is 11.7. The molecule has 0 aliphatic rings. The van der Waals surface area contributed by atoms with Gasteiger partial charge in [0.15, 0.2) is 0 Å². The maximum atomic E-state index is 10.6. The van der Waals surface area contributed by atoms with Crippen molar-refractivity contribution < 1.29 is 5.11 Å². The zero-order valence-electron chi connectivity index (χ0n) is 12.7. The number of thiophene rings is 1. The van der Waals surface area contributed by atoms with E-state index >= 15 is 0 Å². The topological polar surface area (TPSA) is 108 Å². The standard InChI is InChI=1S/C18H16N4OS/c19-10-14-15(21)17(16(23)11-5-2-1-3-6-11)24-18(14)22-13-8-4-7-12(20)9-13/h1-9,16,22-23H,20-21H2. The molecule has 0 aliphatic heterocycles. The first-order valence-corrected chi connectivity index (χ1v) is 8.09. The SMILES string of the molecule is N#Cc1c(Nc2cccc(N)c2)sc(C(O)c2ccccc2)c1N. The minimum atomic E-state index is -0.875. The number of nitriles is 1. The number of aliphatic hydroxyl groups excluding tert-OH is 1. The lowest BCUT2D eigenvalue weighted by molar-refractivity contribution is 0.225. The molecule has 120 valence electrons. The fourth-order valence-electron chi connectivity index (χ4n) is 2.40. The molecule has 0 fully saturated rings. The lowest BCUT2D eigenvalue weighted by Gasteiger charge is -2.09. The molecule has 0 radical (unpaired) electrons. The van der Waals surface area contributed by atoms with Crippen LogP contribution in [0.5, 0.6) is 0 Å². The van der Waals surface area contributed by atoms with Crippen molar-refractivity contribution >= 4 is 33.4 Å². The van der Waals surface area contributed by atoms with E-state index in [2.05, 4.69) is 11.4 Å². The van der Waals surface area contributed by atoms with Crippen LogP contribution in [-0.2, 0) is 0 Å². The molecule has 0 saturated heterocycles. The smallest absolute Gasteiger partial charge is 0.115 e. The third kappa shape index (κ3) is 3.04. The Morgan fingerprint density at radius 3 is 2.50 bits per heavy atom. The maximum Gasteiger partial charge on any atom is 0.115 e. The van der Waals surface area contributed by atoms with Crippen LogP contribution in [0.4, 0.5) is 22.1 Å². The lowest BCUT2D eigenvalue weighted by Crippen LogP contribution is -2.00. The average molecular weight is 336 g/mol. The highest BCUT2D eigenvalue weighted by atomic mass is 32.1. The summed E-state index contributed by atoms with van der Waals surface area (Å²) in [5.74, 6) is 0. The highest BCUT2D eigenvalue weighted by Crippen LogP contribution is 2.42. The third-order valence-corrected chi connectivity index (χ3v) is 4.77. The van der Waals surface area contributed by atoms with Crippen molar-refractivity contribution in [3.8, 4) is 6.07 Å². The van der Waals surface area contributed by atoms with Crippen LogP contribution in [0.25, 0.3) is 0 Å². The van der Waals surface area contributed by atoms with Crippen molar-refractivity contribution in [1.29, 1.82) is 5.26 Å². The summed E-state index contributed by atoms with van der Waals surface area (Å²) < 4.78 is 0. The summed E-state index contributed by atoms with van der Waals surface area (Å²) in [6.07, 6.45) is -0.875. The van der Waals surface area contributed by atoms with Crippen molar-refractivity contribution in [3.05, 3.63) is 70.6 Å². The number of anilines is 4. The molecule has 1 unspecified atom stereocenters. The van der Waals surface area contributed by atoms with Crippen molar-refractivity contribution in [2.24, 2.45) is 0 Å². The predicted octanol–water partition coefficient (Wildman–Crippen LogP) is 3.61. The van der Waals surface area contributed by atoms with E-state index in [1.807, 2.05) is 42.5 Å². The number of aliphatic hydroxyl groups is 1. The minimum absolute atomic E-state index is 0.297. The van der Waals surface area contributed by atoms with Gasteiger partial charge in [0.05, 0.1) is 10.6 Å². The zero-order chi connectivity index (χ0) is 17.1. The molecule has 24 heavy (non-hydrogen) atoms. The number of rotatable bonds is 4. The van der Waals surface area contributed by atoms with Crippen molar-refractivity contribution in [2.75, 3.05) is 16.8 Å². The van der Waals surface area contributed by atoms with Crippen LogP contribution in [-0.4, -0.2) is 5.11 Å². The number of nitrogens with one attached hydrogen (secondary N) is 1. The number of nitrogens with two attached hydrogens (primary N) is 2. The molecule has 3 rings (SSSR count). The number of hydrogen-bond acceptors (Lipinski definition) is 6. The van der Waals surface area contributed by atoms with Crippen LogP contribution in [0.1, 0.15) is 22.1 Å². The van der Waals surface area contributed by atoms with E-state index < -0.39 is 6.10 Å². The van der Waals surface area contributed by atoms with Crippen molar-refractivity contribution in [2.45, 2.75) is 6.10 Å². The molecule has 5 nitrogen and oxygen atoms in total. The first kappa shape index (κ1) is 15.9. The molecule has 1 heterocycles. The number of benzene rings is 2. The Balaban J connectivity index is 1.99. The summed E-state index contributed by atoms with van der Waals surface area (Å²) in [5.41, 5.74) is 14.6. The van der Waals surface area contributed by atoms with Gasteiger partial charge in [-0.1, -0.05) is 36.4 Å². The van der Waals surface area contributed by atoms with Gasteiger partial charge in [-0.15, -0.1) is 11.3 Å². The molecule has 1 atom stereocenters. The Kier molecular flexibility index (Phi) is 4.38. The fourth-order valence-corrected chi connectivity index (χ4v) is 3.50. The first-order chi connectivity index (χ1) is 11.6. The summed E-state index contributed by atoms with van der Waals surface area (Å²) in [7, 11) is 0. The molecular weight excluding hydrogens is 320 g/mol. The Morgan fingerprint density at radius 1 is 1.08 bits per heavy atom. The molecule has 0 saturated carbocycles. The van der Waals surface area contributed by atoms with Gasteiger partial charge >= 0.3 is 0 Å². The van der Waals surface area contributed by atoms with Crippen LogP contribution in [0.2, 0.25) is 0 Å². The van der Waals surface area contributed by atoms with E-state index in [1.165, 1.54) is 11.3 Å². The Bertz CT molecular complexity index is 899. The fraction of sp³-hybridized carbons (Fsp3) is 0.0556. The van der Waals surface area contributed by atoms with E-state index in [9.17, 15) is 10.4 Å². The lowest BCUT2D eigenvalue weighted by atomic mass is 10.1. The summed E-state index contributed by atoms with van der Waals surface area (Å²) in [6.45, 7) is 0. The second-order valence-corrected chi connectivity index (χ2v) is 6.31. The molecule has 6 N–H and O–H groups in total. The molecule has 0 aliphatic carbocycles. The Morgan fingerprint density at radius 2 is 1.83 bits per heavy atom. The van der Waals surface area contributed by atoms with Crippen LogP contribution < -0.4 is 16.8 Å². The monoisotopic (exact) mass is 336 g/mol. The summed E-state index contributed by atoms with van der Waals surface area (Å²) in [5, 5.41) is 23.8. The van der Waals surface area contributed by atoms with Gasteiger partial charge in [0, 0.05) is 11.4 Å². The molecule has 6 heteroatoms. The molecule has 0 amide bonds. The molecule has 0 spiro atoms. The largest absolute Gasteiger partial charge is 0.399 e. The predicted molar refractivity (Wildman–Crippen MR) is 98.1 cm³/mol. The number of nitrogens with zero attached hydrogens (tertiary/aromatic N) is 1. The molecule has 2 aromatic carbocycles. The van der Waals surface area contributed by atoms with Crippen LogP contribution in [0, 0.1) is 11.3 Å². The molecule has 0 bridgehead atoms. The molecule has 1 aromatic heterocycles. The van der Waals surface area contributed by atoms with Crippen LogP contribution >= 0.6 is 11.3 Å². The highest BCUT2D eigenvalue weighted by Gasteiger charge is 2.22. The second kappa shape index (κ2) is 6.62. The van der Waals surface area contributed by atoms with E-state index in [1.54, 1.807) is 12.1 Å². The maximum absolute atomic E-state index is 10.6. The Labute approximate surface area is 143 Å². The number of nitrogen functional groups attached to an aromatic ring is 2. The van der Waals surface area contributed by atoms with Gasteiger partial charge in [-0.25, -0.2) is 0 Å². The Hall–Kier alpha value is -3.01. The van der Waals surface area contributed by atoms with Gasteiger partial charge in [0.25, 0.3) is 0 Å². The summed E-state index contributed by atoms with van der Waals surface area (Å²) in [4.78, 5) is 0.546.